The number of carbonyl (C=O) groups excluding carboxylic acids is 1. The van der Waals surface area contributed by atoms with Crippen molar-refractivity contribution in [2.24, 2.45) is 5.92 Å². The highest BCUT2D eigenvalue weighted by molar-refractivity contribution is 7.99. The summed E-state index contributed by atoms with van der Waals surface area (Å²) in [7, 11) is -4.03. The van der Waals surface area contributed by atoms with E-state index in [4.69, 9.17) is 9.47 Å². The summed E-state index contributed by atoms with van der Waals surface area (Å²) in [6, 6.07) is 35.9. The van der Waals surface area contributed by atoms with E-state index in [1.165, 1.54) is 12.1 Å². The van der Waals surface area contributed by atoms with Gasteiger partial charge in [0.25, 0.3) is 0 Å². The second-order valence-corrected chi connectivity index (χ2v) is 16.1. The molecule has 1 fully saturated rings. The number of aliphatic hydroxyl groups is 1. The summed E-state index contributed by atoms with van der Waals surface area (Å²) in [5.74, 6) is -1.05. The Morgan fingerprint density at radius 3 is 2.19 bits per heavy atom. The number of carboxylic acid groups (broad SMARTS) is 1. The average molecular weight is 767 g/mol. The number of rotatable bonds is 14. The van der Waals surface area contributed by atoms with Gasteiger partial charge in [0.2, 0.25) is 15.9 Å². The molecule has 5 aromatic carbocycles. The largest absolute Gasteiger partial charge is 0.478 e. The highest BCUT2D eigenvalue weighted by Crippen LogP contribution is 2.43. The summed E-state index contributed by atoms with van der Waals surface area (Å²) in [5.41, 5.74) is 4.70. The number of ether oxygens (including phenoxy) is 2. The minimum absolute atomic E-state index is 0.0623. The van der Waals surface area contributed by atoms with Crippen molar-refractivity contribution in [2.75, 3.05) is 11.1 Å². The predicted octanol–water partition coefficient (Wildman–Crippen LogP) is 7.30. The Morgan fingerprint density at radius 1 is 0.815 bits per heavy atom. The van der Waals surface area contributed by atoms with Gasteiger partial charge < -0.3 is 25.0 Å². The van der Waals surface area contributed by atoms with Crippen molar-refractivity contribution < 1.29 is 37.7 Å². The fraction of sp³-hybridized carbons (Fsp3) is 0.238. The van der Waals surface area contributed by atoms with Crippen LogP contribution in [-0.4, -0.2) is 48.4 Å². The molecule has 0 aliphatic carbocycles. The van der Waals surface area contributed by atoms with Crippen LogP contribution < -0.4 is 10.0 Å². The van der Waals surface area contributed by atoms with Gasteiger partial charge in [0.05, 0.1) is 29.3 Å². The second-order valence-electron chi connectivity index (χ2n) is 13.3. The molecule has 0 saturated carbocycles. The molecule has 1 unspecified atom stereocenters. The van der Waals surface area contributed by atoms with Gasteiger partial charge >= 0.3 is 5.97 Å². The van der Waals surface area contributed by atoms with E-state index in [0.29, 0.717) is 17.0 Å². The maximum Gasteiger partial charge on any atom is 0.335 e. The second kappa shape index (κ2) is 17.5. The molecule has 0 bridgehead atoms. The zero-order chi connectivity index (χ0) is 38.2. The molecule has 12 heteroatoms. The third-order valence-corrected chi connectivity index (χ3v) is 11.9. The molecule has 280 valence electrons. The highest BCUT2D eigenvalue weighted by Gasteiger charge is 2.38. The van der Waals surface area contributed by atoms with Crippen LogP contribution in [0.25, 0.3) is 0 Å². The standard InChI is InChI=1S/C42H42N2O8S2/c1-27-11-21-36(22-12-27)54(49,50)44-37(23-29-7-4-3-5-8-29)40(46)43-34-10-6-9-33(24-34)42-51-38(26-53-35-19-17-32(18-20-35)41(47)48)28(2)39(52-42)31-15-13-30(25-45)14-16-31/h3-22,24,28,37-39,42,44-45H,23,25-26H2,1-2H3,(H,43,46)(H,47,48)/t28-,37+,38+,39+,42?/m0/s1. The van der Waals surface area contributed by atoms with Gasteiger partial charge in [-0.25, -0.2) is 13.2 Å². The lowest BCUT2D eigenvalue weighted by molar-refractivity contribution is -0.268. The first-order chi connectivity index (χ1) is 26.0. The number of aliphatic hydroxyl groups excluding tert-OH is 1. The quantitative estimate of drug-likeness (QED) is 0.0854. The van der Waals surface area contributed by atoms with E-state index in [-0.39, 0.29) is 41.6 Å². The molecule has 1 saturated heterocycles. The summed E-state index contributed by atoms with van der Waals surface area (Å²) in [4.78, 5) is 26.2. The van der Waals surface area contributed by atoms with Gasteiger partial charge in [-0.2, -0.15) is 4.72 Å². The van der Waals surface area contributed by atoms with Crippen LogP contribution >= 0.6 is 11.8 Å². The number of benzene rings is 5. The molecule has 4 N–H and O–H groups in total. The molecule has 5 atom stereocenters. The topological polar surface area (TPSA) is 151 Å². The first-order valence-corrected chi connectivity index (χ1v) is 20.0. The summed E-state index contributed by atoms with van der Waals surface area (Å²) in [6.45, 7) is 3.85. The van der Waals surface area contributed by atoms with Crippen LogP contribution in [-0.2, 0) is 37.3 Å². The molecular formula is C42H42N2O8S2. The van der Waals surface area contributed by atoms with Crippen LogP contribution in [0.3, 0.4) is 0 Å². The molecule has 1 aliphatic heterocycles. The third kappa shape index (κ3) is 9.83. The van der Waals surface area contributed by atoms with Gasteiger partial charge in [0.1, 0.15) is 6.04 Å². The highest BCUT2D eigenvalue weighted by atomic mass is 32.2. The van der Waals surface area contributed by atoms with E-state index in [9.17, 15) is 28.2 Å². The van der Waals surface area contributed by atoms with Gasteiger partial charge in [-0.3, -0.25) is 4.79 Å². The Morgan fingerprint density at radius 2 is 1.52 bits per heavy atom. The van der Waals surface area contributed by atoms with Gasteiger partial charge in [0.15, 0.2) is 6.29 Å². The van der Waals surface area contributed by atoms with Crippen LogP contribution in [0, 0.1) is 12.8 Å². The number of anilines is 1. The molecule has 54 heavy (non-hydrogen) atoms. The monoisotopic (exact) mass is 766 g/mol. The molecule has 1 heterocycles. The lowest BCUT2D eigenvalue weighted by atomic mass is 9.91. The maximum atomic E-state index is 13.9. The number of thioether (sulfide) groups is 1. The zero-order valence-electron chi connectivity index (χ0n) is 29.8. The van der Waals surface area contributed by atoms with Crippen molar-refractivity contribution in [1.29, 1.82) is 0 Å². The summed E-state index contributed by atoms with van der Waals surface area (Å²) in [5, 5.41) is 21.8. The van der Waals surface area contributed by atoms with Crippen molar-refractivity contribution in [3.63, 3.8) is 0 Å². The zero-order valence-corrected chi connectivity index (χ0v) is 31.4. The van der Waals surface area contributed by atoms with Gasteiger partial charge in [-0.05, 0) is 78.6 Å². The van der Waals surface area contributed by atoms with Crippen molar-refractivity contribution >= 4 is 39.3 Å². The first kappa shape index (κ1) is 38.9. The number of carbonyl (C=O) groups is 2. The van der Waals surface area contributed by atoms with E-state index in [1.54, 1.807) is 66.4 Å². The van der Waals surface area contributed by atoms with Crippen LogP contribution in [0.15, 0.2) is 137 Å². The Bertz CT molecular complexity index is 2150. The predicted molar refractivity (Wildman–Crippen MR) is 208 cm³/mol. The molecule has 10 nitrogen and oxygen atoms in total. The molecule has 1 amide bonds. The number of amides is 1. The summed E-state index contributed by atoms with van der Waals surface area (Å²) >= 11 is 1.55. The Balaban J connectivity index is 1.23. The number of hydrogen-bond acceptors (Lipinski definition) is 8. The average Bonchev–Trinajstić information content (AvgIpc) is 3.18. The lowest BCUT2D eigenvalue weighted by Gasteiger charge is -2.41. The molecule has 0 aromatic heterocycles. The number of aryl methyl sites for hydroxylation is 1. The van der Waals surface area contributed by atoms with Crippen LogP contribution in [0.4, 0.5) is 5.69 Å². The fourth-order valence-electron chi connectivity index (χ4n) is 6.18. The van der Waals surface area contributed by atoms with Crippen molar-refractivity contribution in [1.82, 2.24) is 4.72 Å². The van der Waals surface area contributed by atoms with E-state index < -0.39 is 34.2 Å². The minimum atomic E-state index is -4.03. The minimum Gasteiger partial charge on any atom is -0.478 e. The van der Waals surface area contributed by atoms with E-state index >= 15 is 0 Å². The third-order valence-electron chi connectivity index (χ3n) is 9.29. The Labute approximate surface area is 319 Å². The number of sulfonamides is 1. The molecule has 5 aromatic rings. The van der Waals surface area contributed by atoms with Crippen LogP contribution in [0.2, 0.25) is 0 Å². The van der Waals surface area contributed by atoms with Gasteiger partial charge in [0, 0.05) is 27.8 Å². The normalized spacial score (nSPS) is 19.2. The van der Waals surface area contributed by atoms with Crippen molar-refractivity contribution in [2.45, 2.75) is 61.2 Å². The Hall–Kier alpha value is -4.82. The number of aromatic carboxylic acids is 1. The molecule has 0 radical (unpaired) electrons. The summed E-state index contributed by atoms with van der Waals surface area (Å²) in [6.07, 6.45) is -1.36. The summed E-state index contributed by atoms with van der Waals surface area (Å²) < 4.78 is 42.7. The van der Waals surface area contributed by atoms with Crippen molar-refractivity contribution in [3.05, 3.63) is 161 Å². The lowest BCUT2D eigenvalue weighted by Crippen LogP contribution is -2.45. The van der Waals surface area contributed by atoms with Crippen LogP contribution in [0.1, 0.15) is 57.5 Å². The Kier molecular flexibility index (Phi) is 12.6. The molecule has 6 rings (SSSR count). The van der Waals surface area contributed by atoms with E-state index in [0.717, 1.165) is 27.1 Å². The fourth-order valence-corrected chi connectivity index (χ4v) is 8.45. The van der Waals surface area contributed by atoms with Crippen molar-refractivity contribution in [3.8, 4) is 0 Å². The first-order valence-electron chi connectivity index (χ1n) is 17.5. The van der Waals surface area contributed by atoms with Gasteiger partial charge in [-0.1, -0.05) is 91.3 Å². The SMILES string of the molecule is Cc1ccc(S(=O)(=O)N[C@H](Cc2ccccc2)C(=O)Nc2cccc(C3O[C@H](CSc4ccc(C(=O)O)cc4)[C@H](C)[C@H](c4ccc(CO)cc4)O3)c2)cc1. The number of hydrogen-bond donors (Lipinski definition) is 4. The molecule has 0 spiro atoms. The van der Waals surface area contributed by atoms with Crippen LogP contribution in [0.5, 0.6) is 0 Å². The number of nitrogens with one attached hydrogen (secondary N) is 2. The molecule has 1 aliphatic rings. The van der Waals surface area contributed by atoms with E-state index in [2.05, 4.69) is 17.0 Å². The smallest absolute Gasteiger partial charge is 0.335 e. The number of carboxylic acids is 1. The van der Waals surface area contributed by atoms with E-state index in [1.807, 2.05) is 67.6 Å². The van der Waals surface area contributed by atoms with Gasteiger partial charge in [-0.15, -0.1) is 11.8 Å². The molecular weight excluding hydrogens is 725 g/mol. The maximum absolute atomic E-state index is 13.9.